The minimum Gasteiger partial charge on any atom is -0.396 e. The number of rotatable bonds is 11. The summed E-state index contributed by atoms with van der Waals surface area (Å²) in [6, 6.07) is 0. The lowest BCUT2D eigenvalue weighted by molar-refractivity contribution is -0.233. The maximum atomic E-state index is 11.2. The molecule has 0 aromatic heterocycles. The number of amides is 2. The van der Waals surface area contributed by atoms with Gasteiger partial charge >= 0.3 is 0 Å². The molecule has 0 aromatic carbocycles. The van der Waals surface area contributed by atoms with Gasteiger partial charge in [0.1, 0.15) is 18.3 Å². The second-order valence-corrected chi connectivity index (χ2v) is 4.93. The van der Waals surface area contributed by atoms with E-state index in [0.29, 0.717) is 0 Å². The van der Waals surface area contributed by atoms with E-state index in [1.54, 1.807) is 0 Å². The van der Waals surface area contributed by atoms with Crippen LogP contribution >= 0.6 is 0 Å². The van der Waals surface area contributed by atoms with E-state index in [-0.39, 0.29) is 0 Å². The Kier molecular flexibility index (Phi) is 9.09. The molecule has 0 aromatic rings. The number of carbonyl (C=O) groups excluding carboxylic acids is 2. The number of primary amides is 2. The summed E-state index contributed by atoms with van der Waals surface area (Å²) in [5, 5.41) is 38.5. The first kappa shape index (κ1) is 20.7. The monoisotopic (exact) mass is 324 g/mol. The highest BCUT2D eigenvalue weighted by atomic mass is 16.7. The van der Waals surface area contributed by atoms with Gasteiger partial charge in [-0.2, -0.15) is 0 Å². The van der Waals surface area contributed by atoms with E-state index < -0.39 is 61.5 Å². The van der Waals surface area contributed by atoms with Gasteiger partial charge in [0.15, 0.2) is 6.29 Å². The second kappa shape index (κ2) is 9.66. The summed E-state index contributed by atoms with van der Waals surface area (Å²) in [5.74, 6) is -2.59. The Balaban J connectivity index is 4.92. The van der Waals surface area contributed by atoms with Gasteiger partial charge in [0.25, 0.3) is 0 Å². The minimum atomic E-state index is -1.76. The highest BCUT2D eigenvalue weighted by Gasteiger charge is 2.36. The molecule has 0 aliphatic rings. The molecule has 0 saturated heterocycles. The van der Waals surface area contributed by atoms with Crippen molar-refractivity contribution in [2.75, 3.05) is 13.7 Å². The van der Waals surface area contributed by atoms with Gasteiger partial charge in [-0.3, -0.25) is 9.59 Å². The molecular formula is C12H24N2O8. The van der Waals surface area contributed by atoms with Crippen LogP contribution in [0, 0.1) is 5.92 Å². The summed E-state index contributed by atoms with van der Waals surface area (Å²) < 4.78 is 9.83. The van der Waals surface area contributed by atoms with Crippen molar-refractivity contribution < 1.29 is 39.5 Å². The fourth-order valence-corrected chi connectivity index (χ4v) is 1.64. The van der Waals surface area contributed by atoms with Crippen LogP contribution in [0.1, 0.15) is 13.3 Å². The van der Waals surface area contributed by atoms with E-state index >= 15 is 0 Å². The van der Waals surface area contributed by atoms with Crippen LogP contribution in [0.3, 0.4) is 0 Å². The van der Waals surface area contributed by atoms with E-state index in [9.17, 15) is 24.9 Å². The number of aliphatic hydroxyl groups excluding tert-OH is 4. The predicted octanol–water partition coefficient (Wildman–Crippen LogP) is -3.58. The van der Waals surface area contributed by atoms with Crippen molar-refractivity contribution in [2.45, 2.75) is 44.1 Å². The molecule has 0 aliphatic heterocycles. The molecule has 10 heteroatoms. The number of hydrogen-bond donors (Lipinski definition) is 6. The summed E-state index contributed by atoms with van der Waals surface area (Å²) in [6.07, 6.45) is -8.50. The smallest absolute Gasteiger partial charge is 0.247 e. The SMILES string of the molecule is CO[C@H](OC(CC(N)=O)C(N)=O)C(O)C(O)C(O)C(C)CO. The van der Waals surface area contributed by atoms with Crippen LogP contribution in [0.25, 0.3) is 0 Å². The zero-order valence-corrected chi connectivity index (χ0v) is 12.5. The molecule has 0 fully saturated rings. The van der Waals surface area contributed by atoms with Crippen molar-refractivity contribution >= 4 is 11.8 Å². The van der Waals surface area contributed by atoms with E-state index in [0.717, 1.165) is 7.11 Å². The molecule has 10 nitrogen and oxygen atoms in total. The number of aliphatic hydroxyl groups is 4. The number of nitrogens with two attached hydrogens (primary N) is 2. The van der Waals surface area contributed by atoms with Crippen molar-refractivity contribution in [3.8, 4) is 0 Å². The maximum absolute atomic E-state index is 11.2. The summed E-state index contributed by atoms with van der Waals surface area (Å²) in [7, 11) is 1.12. The molecule has 8 N–H and O–H groups in total. The van der Waals surface area contributed by atoms with Gasteiger partial charge in [-0.05, 0) is 0 Å². The Bertz CT molecular complexity index is 367. The molecule has 0 saturated carbocycles. The predicted molar refractivity (Wildman–Crippen MR) is 72.9 cm³/mol. The van der Waals surface area contributed by atoms with E-state index in [1.807, 2.05) is 0 Å². The minimum absolute atomic E-state index is 0.422. The van der Waals surface area contributed by atoms with E-state index in [1.165, 1.54) is 6.92 Å². The number of carbonyl (C=O) groups is 2. The van der Waals surface area contributed by atoms with Gasteiger partial charge in [-0.25, -0.2) is 0 Å². The van der Waals surface area contributed by atoms with Gasteiger partial charge in [-0.1, -0.05) is 6.92 Å². The standard InChI is InChI=1S/C12H24N2O8/c1-5(4-15)8(17)9(18)10(19)12(21-2)22-6(11(14)20)3-7(13)16/h5-6,8-10,12,15,17-19H,3-4H2,1-2H3,(H2,13,16)(H2,14,20)/t5?,6?,8?,9?,10?,12-/m1/s1. The molecule has 2 amide bonds. The van der Waals surface area contributed by atoms with Crippen LogP contribution in [0.5, 0.6) is 0 Å². The normalized spacial score (nSPS) is 19.7. The molecule has 0 aliphatic carbocycles. The van der Waals surface area contributed by atoms with Crippen LogP contribution in [0.4, 0.5) is 0 Å². The largest absolute Gasteiger partial charge is 0.396 e. The lowest BCUT2D eigenvalue weighted by atomic mass is 9.96. The average molecular weight is 324 g/mol. The van der Waals surface area contributed by atoms with Gasteiger partial charge in [0.05, 0.1) is 12.5 Å². The molecule has 130 valence electrons. The van der Waals surface area contributed by atoms with Gasteiger partial charge < -0.3 is 41.4 Å². The third-order valence-corrected chi connectivity index (χ3v) is 3.08. The Morgan fingerprint density at radius 1 is 1.09 bits per heavy atom. The summed E-state index contributed by atoms with van der Waals surface area (Å²) >= 11 is 0. The van der Waals surface area contributed by atoms with Gasteiger partial charge in [0, 0.05) is 19.6 Å². The van der Waals surface area contributed by atoms with E-state index in [2.05, 4.69) is 0 Å². The van der Waals surface area contributed by atoms with Crippen molar-refractivity contribution in [2.24, 2.45) is 17.4 Å². The molecule has 0 spiro atoms. The first-order valence-corrected chi connectivity index (χ1v) is 6.56. The molecular weight excluding hydrogens is 300 g/mol. The van der Waals surface area contributed by atoms with Crippen molar-refractivity contribution in [3.63, 3.8) is 0 Å². The fourth-order valence-electron chi connectivity index (χ4n) is 1.64. The fraction of sp³-hybridized carbons (Fsp3) is 0.833. The molecule has 22 heavy (non-hydrogen) atoms. The Morgan fingerprint density at radius 3 is 2.00 bits per heavy atom. The van der Waals surface area contributed by atoms with Crippen molar-refractivity contribution in [1.82, 2.24) is 0 Å². The molecule has 0 heterocycles. The van der Waals surface area contributed by atoms with Crippen LogP contribution in [0.2, 0.25) is 0 Å². The third-order valence-electron chi connectivity index (χ3n) is 3.08. The summed E-state index contributed by atoms with van der Waals surface area (Å²) in [5.41, 5.74) is 9.98. The first-order valence-electron chi connectivity index (χ1n) is 6.56. The maximum Gasteiger partial charge on any atom is 0.247 e. The average Bonchev–Trinajstić information content (AvgIpc) is 2.47. The lowest BCUT2D eigenvalue weighted by Gasteiger charge is -2.31. The lowest BCUT2D eigenvalue weighted by Crippen LogP contribution is -2.51. The van der Waals surface area contributed by atoms with Crippen molar-refractivity contribution in [1.29, 1.82) is 0 Å². The Hall–Kier alpha value is -1.30. The topological polar surface area (TPSA) is 186 Å². The molecule has 5 unspecified atom stereocenters. The number of hydrogen-bond acceptors (Lipinski definition) is 8. The number of methoxy groups -OCH3 is 1. The number of ether oxygens (including phenoxy) is 2. The molecule has 0 rings (SSSR count). The summed E-state index contributed by atoms with van der Waals surface area (Å²) in [6.45, 7) is 1.03. The van der Waals surface area contributed by atoms with Crippen molar-refractivity contribution in [3.05, 3.63) is 0 Å². The van der Waals surface area contributed by atoms with Crippen LogP contribution < -0.4 is 11.5 Å². The Morgan fingerprint density at radius 2 is 1.64 bits per heavy atom. The van der Waals surface area contributed by atoms with E-state index in [4.69, 9.17) is 26.0 Å². The second-order valence-electron chi connectivity index (χ2n) is 4.93. The molecule has 0 bridgehead atoms. The summed E-state index contributed by atoms with van der Waals surface area (Å²) in [4.78, 5) is 22.0. The first-order chi connectivity index (χ1) is 10.1. The van der Waals surface area contributed by atoms with Crippen LogP contribution in [0.15, 0.2) is 0 Å². The quantitative estimate of drug-likeness (QED) is 0.210. The zero-order valence-electron chi connectivity index (χ0n) is 12.5. The zero-order chi connectivity index (χ0) is 17.4. The van der Waals surface area contributed by atoms with Crippen LogP contribution in [-0.2, 0) is 19.1 Å². The Labute approximate surface area is 127 Å². The highest BCUT2D eigenvalue weighted by Crippen LogP contribution is 2.16. The highest BCUT2D eigenvalue weighted by molar-refractivity contribution is 5.85. The van der Waals surface area contributed by atoms with Gasteiger partial charge in [0.2, 0.25) is 11.8 Å². The molecule has 6 atom stereocenters. The van der Waals surface area contributed by atoms with Crippen LogP contribution in [-0.4, -0.2) is 76.7 Å². The molecule has 0 radical (unpaired) electrons. The third kappa shape index (κ3) is 6.22. The van der Waals surface area contributed by atoms with Gasteiger partial charge in [-0.15, -0.1) is 0 Å².